The van der Waals surface area contributed by atoms with Crippen molar-refractivity contribution in [3.63, 3.8) is 0 Å². The van der Waals surface area contributed by atoms with Crippen LogP contribution in [0.15, 0.2) is 88.8 Å². The minimum absolute atomic E-state index is 0.00808. The Balaban J connectivity index is 2.05. The van der Waals surface area contributed by atoms with Gasteiger partial charge < -0.3 is 0 Å². The van der Waals surface area contributed by atoms with Crippen LogP contribution < -0.4 is 0 Å². The molecule has 0 aliphatic rings. The van der Waals surface area contributed by atoms with Crippen LogP contribution in [0.4, 0.5) is 4.39 Å². The molecule has 0 atom stereocenters. The third-order valence-corrected chi connectivity index (χ3v) is 6.83. The number of pyridine rings is 1. The molecule has 0 saturated heterocycles. The summed E-state index contributed by atoms with van der Waals surface area (Å²) >= 11 is 0. The summed E-state index contributed by atoms with van der Waals surface area (Å²) in [5.74, 6) is -0.977. The van der Waals surface area contributed by atoms with Crippen molar-refractivity contribution in [2.24, 2.45) is 0 Å². The van der Waals surface area contributed by atoms with Crippen LogP contribution >= 0.6 is 0 Å². The maximum atomic E-state index is 13.6. The molecule has 0 aliphatic heterocycles. The molecule has 0 spiro atoms. The zero-order valence-electron chi connectivity index (χ0n) is 16.2. The normalized spacial score (nSPS) is 11.5. The van der Waals surface area contributed by atoms with E-state index in [1.165, 1.54) is 18.3 Å². The van der Waals surface area contributed by atoms with Crippen molar-refractivity contribution < 1.29 is 17.6 Å². The Morgan fingerprint density at radius 2 is 1.67 bits per heavy atom. The lowest BCUT2D eigenvalue weighted by Gasteiger charge is -2.14. The molecule has 0 aliphatic carbocycles. The van der Waals surface area contributed by atoms with E-state index in [9.17, 15) is 17.6 Å². The standard InChI is InChI=1S/C24H18FNO3S/c1-2-16-8-13-22-20(14-16)24(30(28,29)19-11-9-18(25)10-12-19)21(15-26-22)23(27)17-6-4-3-5-7-17/h3-15H,2H2,1H3. The highest BCUT2D eigenvalue weighted by Gasteiger charge is 2.28. The second-order valence-corrected chi connectivity index (χ2v) is 8.75. The van der Waals surface area contributed by atoms with Crippen molar-refractivity contribution in [1.82, 2.24) is 4.98 Å². The van der Waals surface area contributed by atoms with E-state index in [-0.39, 0.29) is 15.4 Å². The summed E-state index contributed by atoms with van der Waals surface area (Å²) in [5.41, 5.74) is 1.74. The number of ketones is 1. The molecule has 0 N–H and O–H groups in total. The topological polar surface area (TPSA) is 64.1 Å². The van der Waals surface area contributed by atoms with Gasteiger partial charge in [-0.2, -0.15) is 0 Å². The van der Waals surface area contributed by atoms with Gasteiger partial charge in [0.05, 0.1) is 20.9 Å². The lowest BCUT2D eigenvalue weighted by Crippen LogP contribution is -2.13. The average molecular weight is 419 g/mol. The molecule has 1 heterocycles. The van der Waals surface area contributed by atoms with Gasteiger partial charge in [-0.05, 0) is 48.4 Å². The van der Waals surface area contributed by atoms with Crippen molar-refractivity contribution in [2.75, 3.05) is 0 Å². The molecule has 4 nitrogen and oxygen atoms in total. The lowest BCUT2D eigenvalue weighted by molar-refractivity contribution is 0.103. The highest BCUT2D eigenvalue weighted by atomic mass is 32.2. The minimum atomic E-state index is -4.12. The number of rotatable bonds is 5. The molecule has 30 heavy (non-hydrogen) atoms. The molecule has 0 saturated carbocycles. The van der Waals surface area contributed by atoms with Crippen LogP contribution in [0.3, 0.4) is 0 Å². The van der Waals surface area contributed by atoms with E-state index in [2.05, 4.69) is 4.98 Å². The Bertz CT molecular complexity index is 1350. The summed E-state index contributed by atoms with van der Waals surface area (Å²) in [6.45, 7) is 1.96. The molecule has 4 rings (SSSR count). The first-order valence-electron chi connectivity index (χ1n) is 9.44. The minimum Gasteiger partial charge on any atom is -0.289 e. The Morgan fingerprint density at radius 1 is 0.967 bits per heavy atom. The van der Waals surface area contributed by atoms with Gasteiger partial charge in [0, 0.05) is 17.1 Å². The monoisotopic (exact) mass is 419 g/mol. The van der Waals surface area contributed by atoms with Crippen LogP contribution in [0.5, 0.6) is 0 Å². The average Bonchev–Trinajstić information content (AvgIpc) is 2.78. The fraction of sp³-hybridized carbons (Fsp3) is 0.0833. The third-order valence-electron chi connectivity index (χ3n) is 4.96. The van der Waals surface area contributed by atoms with Gasteiger partial charge in [-0.15, -0.1) is 0 Å². The summed E-state index contributed by atoms with van der Waals surface area (Å²) in [6, 6.07) is 18.4. The molecule has 150 valence electrons. The fourth-order valence-corrected chi connectivity index (χ4v) is 4.98. The molecule has 3 aromatic carbocycles. The van der Waals surface area contributed by atoms with Crippen LogP contribution in [0.25, 0.3) is 10.9 Å². The lowest BCUT2D eigenvalue weighted by atomic mass is 10.0. The molecule has 4 aromatic rings. The zero-order valence-corrected chi connectivity index (χ0v) is 17.0. The number of carbonyl (C=O) groups excluding carboxylic acids is 1. The number of hydrogen-bond donors (Lipinski definition) is 0. The van der Waals surface area contributed by atoms with E-state index in [1.54, 1.807) is 42.5 Å². The van der Waals surface area contributed by atoms with Crippen LogP contribution in [-0.4, -0.2) is 19.2 Å². The summed E-state index contributed by atoms with van der Waals surface area (Å²) in [5, 5.41) is 0.375. The maximum absolute atomic E-state index is 13.6. The molecule has 0 fully saturated rings. The molecule has 0 amide bonds. The van der Waals surface area contributed by atoms with Gasteiger partial charge in [-0.1, -0.05) is 43.3 Å². The summed E-state index contributed by atoms with van der Waals surface area (Å²) in [7, 11) is -4.12. The predicted octanol–water partition coefficient (Wildman–Crippen LogP) is 5.00. The van der Waals surface area contributed by atoms with Crippen molar-refractivity contribution in [2.45, 2.75) is 23.1 Å². The van der Waals surface area contributed by atoms with Crippen LogP contribution in [-0.2, 0) is 16.3 Å². The zero-order chi connectivity index (χ0) is 21.3. The first kappa shape index (κ1) is 19.9. The van der Waals surface area contributed by atoms with Crippen molar-refractivity contribution in [1.29, 1.82) is 0 Å². The van der Waals surface area contributed by atoms with Crippen molar-refractivity contribution in [3.05, 3.63) is 102 Å². The number of carbonyl (C=O) groups is 1. The van der Waals surface area contributed by atoms with Crippen molar-refractivity contribution >= 4 is 26.5 Å². The number of hydrogen-bond acceptors (Lipinski definition) is 4. The quantitative estimate of drug-likeness (QED) is 0.337. The van der Waals surface area contributed by atoms with Crippen LogP contribution in [0.2, 0.25) is 0 Å². The number of halogens is 1. The van der Waals surface area contributed by atoms with E-state index in [4.69, 9.17) is 0 Å². The SMILES string of the molecule is CCc1ccc2ncc(C(=O)c3ccccc3)c(S(=O)(=O)c3ccc(F)cc3)c2c1. The fourth-order valence-electron chi connectivity index (χ4n) is 3.36. The van der Waals surface area contributed by atoms with Crippen LogP contribution in [0, 0.1) is 5.82 Å². The highest BCUT2D eigenvalue weighted by Crippen LogP contribution is 2.32. The number of benzene rings is 3. The maximum Gasteiger partial charge on any atom is 0.208 e. The van der Waals surface area contributed by atoms with Crippen molar-refractivity contribution in [3.8, 4) is 0 Å². The molecule has 6 heteroatoms. The molecule has 1 aromatic heterocycles. The third kappa shape index (κ3) is 3.50. The molecule has 0 radical (unpaired) electrons. The van der Waals surface area contributed by atoms with Gasteiger partial charge in [0.15, 0.2) is 5.78 Å². The van der Waals surface area contributed by atoms with Gasteiger partial charge in [0.2, 0.25) is 9.84 Å². The summed E-state index contributed by atoms with van der Waals surface area (Å²) < 4.78 is 40.6. The smallest absolute Gasteiger partial charge is 0.208 e. The first-order valence-corrected chi connectivity index (χ1v) is 10.9. The van der Waals surface area contributed by atoms with Gasteiger partial charge in [-0.25, -0.2) is 12.8 Å². The number of fused-ring (bicyclic) bond motifs is 1. The molecular weight excluding hydrogens is 401 g/mol. The van der Waals surface area contributed by atoms with Gasteiger partial charge in [0.1, 0.15) is 5.82 Å². The Labute approximate surface area is 173 Å². The van der Waals surface area contributed by atoms with E-state index in [0.717, 1.165) is 17.7 Å². The van der Waals surface area contributed by atoms with Crippen LogP contribution in [0.1, 0.15) is 28.4 Å². The van der Waals surface area contributed by atoms with E-state index < -0.39 is 21.4 Å². The predicted molar refractivity (Wildman–Crippen MR) is 113 cm³/mol. The molecule has 0 unspecified atom stereocenters. The van der Waals surface area contributed by atoms with E-state index in [1.807, 2.05) is 13.0 Å². The summed E-state index contributed by atoms with van der Waals surface area (Å²) in [4.78, 5) is 17.4. The van der Waals surface area contributed by atoms with E-state index >= 15 is 0 Å². The Kier molecular flexibility index (Phi) is 5.18. The number of aryl methyl sites for hydroxylation is 1. The number of aromatic nitrogens is 1. The number of nitrogens with zero attached hydrogens (tertiary/aromatic N) is 1. The Hall–Kier alpha value is -3.38. The van der Waals surface area contributed by atoms with Gasteiger partial charge >= 0.3 is 0 Å². The second kappa shape index (κ2) is 7.80. The van der Waals surface area contributed by atoms with Gasteiger partial charge in [-0.3, -0.25) is 9.78 Å². The second-order valence-electron chi connectivity index (χ2n) is 6.86. The highest BCUT2D eigenvalue weighted by molar-refractivity contribution is 7.91. The first-order chi connectivity index (χ1) is 14.4. The Morgan fingerprint density at radius 3 is 2.33 bits per heavy atom. The van der Waals surface area contributed by atoms with E-state index in [0.29, 0.717) is 22.9 Å². The molecular formula is C24H18FNO3S. The summed E-state index contributed by atoms with van der Waals surface area (Å²) in [6.07, 6.45) is 2.00. The van der Waals surface area contributed by atoms with Gasteiger partial charge in [0.25, 0.3) is 0 Å². The largest absolute Gasteiger partial charge is 0.289 e. The number of sulfone groups is 1. The molecule has 0 bridgehead atoms.